The fourth-order valence-electron chi connectivity index (χ4n) is 1.74. The molecule has 3 N–H and O–H groups in total. The molecular weight excluding hydrogens is 196 g/mol. The Balaban J connectivity index is 2.61. The van der Waals surface area contributed by atoms with Gasteiger partial charge >= 0.3 is 0 Å². The third-order valence-corrected chi connectivity index (χ3v) is 3.38. The Bertz CT molecular complexity index is 197. The van der Waals surface area contributed by atoms with Gasteiger partial charge in [0.2, 0.25) is 5.96 Å². The summed E-state index contributed by atoms with van der Waals surface area (Å²) in [7, 11) is 0. The number of nitrogens with zero attached hydrogens (tertiary/aromatic N) is 2. The van der Waals surface area contributed by atoms with Crippen LogP contribution in [0, 0.1) is 0 Å². The highest BCUT2D eigenvalue weighted by Gasteiger charge is 2.23. The fraction of sp³-hybridized carbons (Fsp3) is 0.889. The summed E-state index contributed by atoms with van der Waals surface area (Å²) in [6.07, 6.45) is 0. The number of thioether (sulfide) groups is 1. The Kier molecular flexibility index (Phi) is 4.54. The van der Waals surface area contributed by atoms with Crippen LogP contribution in [-0.2, 0) is 0 Å². The molecule has 82 valence electrons. The van der Waals surface area contributed by atoms with Crippen LogP contribution in [0.2, 0.25) is 0 Å². The zero-order chi connectivity index (χ0) is 10.6. The lowest BCUT2D eigenvalue weighted by Gasteiger charge is -2.36. The van der Waals surface area contributed by atoms with Crippen LogP contribution in [0.1, 0.15) is 20.8 Å². The molecule has 0 aromatic carbocycles. The highest BCUT2D eigenvalue weighted by molar-refractivity contribution is 8.00. The van der Waals surface area contributed by atoms with Crippen LogP contribution >= 0.6 is 11.8 Å². The third-order valence-electron chi connectivity index (χ3n) is 2.16. The molecule has 2 atom stereocenters. The lowest BCUT2D eigenvalue weighted by Crippen LogP contribution is -2.51. The maximum Gasteiger partial charge on any atom is 0.208 e. The molecule has 1 aliphatic rings. The molecular formula is C9H20N4S. The number of hydrogen-bond donors (Lipinski definition) is 2. The van der Waals surface area contributed by atoms with Gasteiger partial charge in [0.05, 0.1) is 0 Å². The van der Waals surface area contributed by atoms with E-state index in [1.807, 2.05) is 18.7 Å². The fourth-order valence-corrected chi connectivity index (χ4v) is 3.06. The van der Waals surface area contributed by atoms with Crippen LogP contribution in [0.15, 0.2) is 4.99 Å². The average Bonchev–Trinajstić information content (AvgIpc) is 2.12. The normalized spacial score (nSPS) is 29.1. The summed E-state index contributed by atoms with van der Waals surface area (Å²) < 4.78 is 0. The van der Waals surface area contributed by atoms with Crippen LogP contribution in [0.5, 0.6) is 0 Å². The summed E-state index contributed by atoms with van der Waals surface area (Å²) in [5.41, 5.74) is 2.68. The van der Waals surface area contributed by atoms with Gasteiger partial charge in [0, 0.05) is 30.1 Å². The van der Waals surface area contributed by atoms with Crippen LogP contribution in [-0.4, -0.2) is 41.0 Å². The van der Waals surface area contributed by atoms with E-state index < -0.39 is 0 Å². The molecule has 1 saturated heterocycles. The van der Waals surface area contributed by atoms with Gasteiger partial charge in [0.15, 0.2) is 0 Å². The molecule has 1 heterocycles. The highest BCUT2D eigenvalue weighted by Crippen LogP contribution is 2.24. The summed E-state index contributed by atoms with van der Waals surface area (Å²) in [6.45, 7) is 9.33. The second-order valence-corrected chi connectivity index (χ2v) is 5.49. The van der Waals surface area contributed by atoms with Crippen molar-refractivity contribution in [2.45, 2.75) is 31.3 Å². The molecule has 2 unspecified atom stereocenters. The standard InChI is InChI=1S/C9H20N4S/c1-4-11-9(12-10)13-5-7(2)14-8(3)6-13/h7-8H,4-6,10H2,1-3H3,(H,11,12). The molecule has 4 nitrogen and oxygen atoms in total. The lowest BCUT2D eigenvalue weighted by atomic mass is 10.3. The molecule has 0 bridgehead atoms. The van der Waals surface area contributed by atoms with Gasteiger partial charge in [-0.25, -0.2) is 5.84 Å². The van der Waals surface area contributed by atoms with Crippen molar-refractivity contribution in [2.75, 3.05) is 19.6 Å². The molecule has 0 aromatic rings. The molecule has 0 aromatic heterocycles. The van der Waals surface area contributed by atoms with Gasteiger partial charge in [-0.2, -0.15) is 11.8 Å². The van der Waals surface area contributed by atoms with Gasteiger partial charge in [-0.1, -0.05) is 13.8 Å². The molecule has 14 heavy (non-hydrogen) atoms. The largest absolute Gasteiger partial charge is 0.340 e. The van der Waals surface area contributed by atoms with Crippen molar-refractivity contribution in [1.29, 1.82) is 0 Å². The van der Waals surface area contributed by atoms with E-state index in [2.05, 4.69) is 29.2 Å². The minimum Gasteiger partial charge on any atom is -0.340 e. The first-order valence-corrected chi connectivity index (χ1v) is 6.03. The van der Waals surface area contributed by atoms with E-state index >= 15 is 0 Å². The molecule has 0 saturated carbocycles. The van der Waals surface area contributed by atoms with E-state index in [0.717, 1.165) is 25.6 Å². The van der Waals surface area contributed by atoms with Crippen molar-refractivity contribution >= 4 is 17.7 Å². The second kappa shape index (κ2) is 5.46. The van der Waals surface area contributed by atoms with Crippen molar-refractivity contribution in [2.24, 2.45) is 10.8 Å². The van der Waals surface area contributed by atoms with Crippen LogP contribution in [0.4, 0.5) is 0 Å². The molecule has 5 heteroatoms. The van der Waals surface area contributed by atoms with Crippen molar-refractivity contribution in [3.63, 3.8) is 0 Å². The first kappa shape index (κ1) is 11.7. The van der Waals surface area contributed by atoms with Crippen molar-refractivity contribution in [3.8, 4) is 0 Å². The Hall–Kier alpha value is -0.420. The maximum atomic E-state index is 5.45. The topological polar surface area (TPSA) is 53.6 Å². The van der Waals surface area contributed by atoms with Gasteiger partial charge in [-0.15, -0.1) is 0 Å². The Labute approximate surface area is 90.3 Å². The molecule has 1 rings (SSSR count). The van der Waals surface area contributed by atoms with Crippen LogP contribution in [0.3, 0.4) is 0 Å². The molecule has 1 aliphatic heterocycles. The first-order valence-electron chi connectivity index (χ1n) is 5.08. The number of nitrogens with two attached hydrogens (primary N) is 1. The van der Waals surface area contributed by atoms with E-state index in [4.69, 9.17) is 5.84 Å². The van der Waals surface area contributed by atoms with Gasteiger partial charge in [0.25, 0.3) is 0 Å². The minimum atomic E-state index is 0.647. The smallest absolute Gasteiger partial charge is 0.208 e. The summed E-state index contributed by atoms with van der Waals surface area (Å²) in [6, 6.07) is 0. The van der Waals surface area contributed by atoms with Crippen molar-refractivity contribution in [1.82, 2.24) is 10.3 Å². The molecule has 1 fully saturated rings. The van der Waals surface area contributed by atoms with Crippen LogP contribution < -0.4 is 11.3 Å². The van der Waals surface area contributed by atoms with E-state index in [1.54, 1.807) is 0 Å². The molecule has 0 spiro atoms. The number of hydrazine groups is 1. The van der Waals surface area contributed by atoms with E-state index in [9.17, 15) is 0 Å². The minimum absolute atomic E-state index is 0.647. The van der Waals surface area contributed by atoms with E-state index in [0.29, 0.717) is 10.5 Å². The monoisotopic (exact) mass is 216 g/mol. The molecule has 0 radical (unpaired) electrons. The summed E-state index contributed by atoms with van der Waals surface area (Å²) in [5, 5.41) is 1.29. The summed E-state index contributed by atoms with van der Waals surface area (Å²) >= 11 is 2.03. The highest BCUT2D eigenvalue weighted by atomic mass is 32.2. The Morgan fingerprint density at radius 3 is 2.50 bits per heavy atom. The van der Waals surface area contributed by atoms with E-state index in [-0.39, 0.29) is 0 Å². The second-order valence-electron chi connectivity index (χ2n) is 3.60. The van der Waals surface area contributed by atoms with Gasteiger partial charge in [-0.05, 0) is 6.92 Å². The number of nitrogens with one attached hydrogen (secondary N) is 1. The molecule has 0 amide bonds. The van der Waals surface area contributed by atoms with Crippen molar-refractivity contribution < 1.29 is 0 Å². The number of guanidine groups is 1. The predicted molar refractivity (Wildman–Crippen MR) is 63.4 cm³/mol. The maximum absolute atomic E-state index is 5.45. The van der Waals surface area contributed by atoms with Gasteiger partial charge in [-0.3, -0.25) is 10.4 Å². The SMILES string of the molecule is CCN=C(NN)N1CC(C)SC(C)C1. The zero-order valence-corrected chi connectivity index (χ0v) is 9.97. The lowest BCUT2D eigenvalue weighted by molar-refractivity contribution is 0.395. The number of hydrogen-bond acceptors (Lipinski definition) is 3. The number of rotatable bonds is 1. The van der Waals surface area contributed by atoms with Crippen molar-refractivity contribution in [3.05, 3.63) is 0 Å². The van der Waals surface area contributed by atoms with Crippen LogP contribution in [0.25, 0.3) is 0 Å². The Morgan fingerprint density at radius 1 is 1.50 bits per heavy atom. The number of aliphatic imine (C=N–C) groups is 1. The predicted octanol–water partition coefficient (Wildman–Crippen LogP) is 0.651. The quantitative estimate of drug-likeness (QED) is 0.292. The molecule has 0 aliphatic carbocycles. The Morgan fingerprint density at radius 2 is 2.07 bits per heavy atom. The van der Waals surface area contributed by atoms with Gasteiger partial charge in [0.1, 0.15) is 0 Å². The average molecular weight is 216 g/mol. The zero-order valence-electron chi connectivity index (χ0n) is 9.16. The third kappa shape index (κ3) is 3.06. The van der Waals surface area contributed by atoms with E-state index in [1.165, 1.54) is 0 Å². The van der Waals surface area contributed by atoms with Gasteiger partial charge < -0.3 is 4.90 Å². The summed E-state index contributed by atoms with van der Waals surface area (Å²) in [5.74, 6) is 6.28. The summed E-state index contributed by atoms with van der Waals surface area (Å²) in [4.78, 5) is 6.56. The first-order chi connectivity index (χ1) is 6.67.